The Balaban J connectivity index is 1.41. The molecule has 1 aliphatic rings. The van der Waals surface area contributed by atoms with Crippen LogP contribution in [0.3, 0.4) is 0 Å². The van der Waals surface area contributed by atoms with Crippen LogP contribution in [0.4, 0.5) is 0 Å². The molecule has 1 aliphatic heterocycles. The first-order chi connectivity index (χ1) is 12.2. The van der Waals surface area contributed by atoms with E-state index in [0.29, 0.717) is 5.76 Å². The van der Waals surface area contributed by atoms with E-state index in [2.05, 4.69) is 22.3 Å². The molecule has 3 rings (SSSR count). The molecule has 1 N–H and O–H groups in total. The van der Waals surface area contributed by atoms with Crippen molar-refractivity contribution in [2.24, 2.45) is 0 Å². The number of methoxy groups -OCH3 is 1. The summed E-state index contributed by atoms with van der Waals surface area (Å²) in [6, 6.07) is 12.1. The van der Waals surface area contributed by atoms with Crippen LogP contribution in [0.5, 0.6) is 5.75 Å². The van der Waals surface area contributed by atoms with Gasteiger partial charge in [-0.15, -0.1) is 0 Å². The third-order valence-corrected chi connectivity index (χ3v) is 4.44. The molecule has 1 aromatic heterocycles. The second kappa shape index (κ2) is 8.53. The van der Waals surface area contributed by atoms with Crippen molar-refractivity contribution in [3.63, 3.8) is 0 Å². The van der Waals surface area contributed by atoms with E-state index < -0.39 is 0 Å². The summed E-state index contributed by atoms with van der Waals surface area (Å²) < 4.78 is 10.4. The summed E-state index contributed by atoms with van der Waals surface area (Å²) in [6.45, 7) is 2.90. The predicted molar refractivity (Wildman–Crippen MR) is 97.2 cm³/mol. The van der Waals surface area contributed by atoms with Crippen LogP contribution in [0, 0.1) is 0 Å². The zero-order valence-corrected chi connectivity index (χ0v) is 14.5. The number of likely N-dealkylation sites (tertiary alicyclic amines) is 1. The summed E-state index contributed by atoms with van der Waals surface area (Å²) in [4.78, 5) is 14.4. The van der Waals surface area contributed by atoms with E-state index in [1.807, 2.05) is 18.2 Å². The summed E-state index contributed by atoms with van der Waals surface area (Å²) in [5, 5.41) is 3.07. The minimum atomic E-state index is -0.0648. The van der Waals surface area contributed by atoms with Gasteiger partial charge in [0.2, 0.25) is 5.91 Å². The lowest BCUT2D eigenvalue weighted by atomic mass is 10.0. The highest BCUT2D eigenvalue weighted by Gasteiger charge is 2.20. The van der Waals surface area contributed by atoms with Crippen molar-refractivity contribution in [2.75, 3.05) is 20.2 Å². The van der Waals surface area contributed by atoms with Crippen molar-refractivity contribution in [1.29, 1.82) is 0 Å². The van der Waals surface area contributed by atoms with Crippen molar-refractivity contribution in [3.05, 3.63) is 60.1 Å². The molecule has 132 valence electrons. The minimum absolute atomic E-state index is 0.0648. The number of ether oxygens (including phenoxy) is 1. The SMILES string of the molecule is COc1ccc(CN2CCC(NC(=O)C=Cc3ccco3)CC2)cc1. The molecule has 0 atom stereocenters. The highest BCUT2D eigenvalue weighted by Crippen LogP contribution is 2.16. The molecule has 1 fully saturated rings. The molecule has 1 amide bonds. The normalized spacial score (nSPS) is 16.2. The first-order valence-electron chi connectivity index (χ1n) is 8.60. The Morgan fingerprint density at radius 1 is 1.28 bits per heavy atom. The van der Waals surface area contributed by atoms with Gasteiger partial charge in [-0.05, 0) is 48.7 Å². The van der Waals surface area contributed by atoms with Gasteiger partial charge in [-0.3, -0.25) is 9.69 Å². The zero-order valence-electron chi connectivity index (χ0n) is 14.5. The number of hydrogen-bond donors (Lipinski definition) is 1. The van der Waals surface area contributed by atoms with Gasteiger partial charge in [0.05, 0.1) is 13.4 Å². The second-order valence-electron chi connectivity index (χ2n) is 6.26. The molecule has 0 spiro atoms. The van der Waals surface area contributed by atoms with Crippen LogP contribution in [0.25, 0.3) is 6.08 Å². The van der Waals surface area contributed by atoms with E-state index in [9.17, 15) is 4.79 Å². The molecule has 0 bridgehead atoms. The maximum atomic E-state index is 12.0. The van der Waals surface area contributed by atoms with E-state index in [-0.39, 0.29) is 11.9 Å². The van der Waals surface area contributed by atoms with Gasteiger partial charge >= 0.3 is 0 Å². The van der Waals surface area contributed by atoms with Gasteiger partial charge in [0.15, 0.2) is 0 Å². The van der Waals surface area contributed by atoms with E-state index in [1.165, 1.54) is 11.6 Å². The number of amides is 1. The van der Waals surface area contributed by atoms with Crippen LogP contribution in [0.2, 0.25) is 0 Å². The van der Waals surface area contributed by atoms with E-state index in [1.54, 1.807) is 25.5 Å². The number of furan rings is 1. The van der Waals surface area contributed by atoms with Gasteiger partial charge in [-0.25, -0.2) is 0 Å². The van der Waals surface area contributed by atoms with Crippen LogP contribution in [0.15, 0.2) is 53.2 Å². The van der Waals surface area contributed by atoms with Crippen molar-refractivity contribution in [1.82, 2.24) is 10.2 Å². The number of nitrogens with one attached hydrogen (secondary N) is 1. The largest absolute Gasteiger partial charge is 0.497 e. The lowest BCUT2D eigenvalue weighted by Gasteiger charge is -2.32. The van der Waals surface area contributed by atoms with Crippen LogP contribution < -0.4 is 10.1 Å². The molecule has 1 saturated heterocycles. The smallest absolute Gasteiger partial charge is 0.244 e. The Labute approximate surface area is 148 Å². The molecule has 25 heavy (non-hydrogen) atoms. The highest BCUT2D eigenvalue weighted by atomic mass is 16.5. The fraction of sp³-hybridized carbons (Fsp3) is 0.350. The average Bonchev–Trinajstić information content (AvgIpc) is 3.16. The maximum Gasteiger partial charge on any atom is 0.244 e. The van der Waals surface area contributed by atoms with Crippen molar-refractivity contribution in [3.8, 4) is 5.75 Å². The van der Waals surface area contributed by atoms with Gasteiger partial charge in [-0.1, -0.05) is 12.1 Å². The first kappa shape index (κ1) is 17.3. The fourth-order valence-electron chi connectivity index (χ4n) is 3.02. The molecule has 0 aliphatic carbocycles. The van der Waals surface area contributed by atoms with Crippen molar-refractivity contribution >= 4 is 12.0 Å². The summed E-state index contributed by atoms with van der Waals surface area (Å²) in [6.07, 6.45) is 6.75. The lowest BCUT2D eigenvalue weighted by molar-refractivity contribution is -0.117. The number of rotatable bonds is 6. The second-order valence-corrected chi connectivity index (χ2v) is 6.26. The number of benzene rings is 1. The Kier molecular flexibility index (Phi) is 5.90. The van der Waals surface area contributed by atoms with Crippen LogP contribution in [0.1, 0.15) is 24.2 Å². The Morgan fingerprint density at radius 3 is 2.68 bits per heavy atom. The molecule has 0 saturated carbocycles. The maximum absolute atomic E-state index is 12.0. The summed E-state index contributed by atoms with van der Waals surface area (Å²) >= 11 is 0. The average molecular weight is 340 g/mol. The van der Waals surface area contributed by atoms with Gasteiger partial charge < -0.3 is 14.5 Å². The Bertz CT molecular complexity index is 684. The number of carbonyl (C=O) groups excluding carboxylic acids is 1. The first-order valence-corrected chi connectivity index (χ1v) is 8.60. The topological polar surface area (TPSA) is 54.7 Å². The zero-order chi connectivity index (χ0) is 17.5. The molecular formula is C20H24N2O3. The summed E-state index contributed by atoms with van der Waals surface area (Å²) in [7, 11) is 1.68. The van der Waals surface area contributed by atoms with Gasteiger partial charge in [0.25, 0.3) is 0 Å². The molecule has 2 heterocycles. The van der Waals surface area contributed by atoms with Gasteiger partial charge in [-0.2, -0.15) is 0 Å². The Morgan fingerprint density at radius 2 is 2.04 bits per heavy atom. The van der Waals surface area contributed by atoms with Crippen molar-refractivity contribution < 1.29 is 13.9 Å². The number of carbonyl (C=O) groups is 1. The number of piperidine rings is 1. The third-order valence-electron chi connectivity index (χ3n) is 4.44. The third kappa shape index (κ3) is 5.22. The van der Waals surface area contributed by atoms with Crippen LogP contribution >= 0.6 is 0 Å². The molecule has 0 radical (unpaired) electrons. The number of nitrogens with zero attached hydrogens (tertiary/aromatic N) is 1. The van der Waals surface area contributed by atoms with Crippen molar-refractivity contribution in [2.45, 2.75) is 25.4 Å². The highest BCUT2D eigenvalue weighted by molar-refractivity contribution is 5.91. The Hall–Kier alpha value is -2.53. The molecule has 5 nitrogen and oxygen atoms in total. The standard InChI is InChI=1S/C20H24N2O3/c1-24-18-6-4-16(5-7-18)15-22-12-10-17(11-13-22)21-20(23)9-8-19-3-2-14-25-19/h2-9,14,17H,10-13,15H2,1H3,(H,21,23). The van der Waals surface area contributed by atoms with Gasteiger partial charge in [0, 0.05) is 31.8 Å². The van der Waals surface area contributed by atoms with Gasteiger partial charge in [0.1, 0.15) is 11.5 Å². The summed E-state index contributed by atoms with van der Waals surface area (Å²) in [5.41, 5.74) is 1.28. The van der Waals surface area contributed by atoms with E-state index >= 15 is 0 Å². The summed E-state index contributed by atoms with van der Waals surface area (Å²) in [5.74, 6) is 1.50. The van der Waals surface area contributed by atoms with E-state index in [0.717, 1.165) is 38.2 Å². The quantitative estimate of drug-likeness (QED) is 0.821. The fourth-order valence-corrected chi connectivity index (χ4v) is 3.02. The molecule has 5 heteroatoms. The molecule has 2 aromatic rings. The lowest BCUT2D eigenvalue weighted by Crippen LogP contribution is -2.43. The van der Waals surface area contributed by atoms with Crippen LogP contribution in [-0.2, 0) is 11.3 Å². The minimum Gasteiger partial charge on any atom is -0.497 e. The monoisotopic (exact) mass is 340 g/mol. The van der Waals surface area contributed by atoms with E-state index in [4.69, 9.17) is 9.15 Å². The predicted octanol–water partition coefficient (Wildman–Crippen LogP) is 3.08. The molecular weight excluding hydrogens is 316 g/mol. The van der Waals surface area contributed by atoms with Crippen LogP contribution in [-0.4, -0.2) is 37.0 Å². The molecule has 0 unspecified atom stereocenters. The number of hydrogen-bond acceptors (Lipinski definition) is 4. The molecule has 1 aromatic carbocycles.